The first-order chi connectivity index (χ1) is 10.6. The summed E-state index contributed by atoms with van der Waals surface area (Å²) in [6.07, 6.45) is 1.48. The molecule has 1 aromatic rings. The maximum absolute atomic E-state index is 12.0. The number of nitrogens with two attached hydrogens (primary N) is 1. The predicted octanol–water partition coefficient (Wildman–Crippen LogP) is 1.61. The molecule has 124 valence electrons. The van der Waals surface area contributed by atoms with Crippen molar-refractivity contribution in [2.75, 3.05) is 18.8 Å². The first-order valence-electron chi connectivity index (χ1n) is 7.97. The molecule has 1 aromatic carbocycles. The first-order valence-corrected chi connectivity index (χ1v) is 8.60. The maximum Gasteiger partial charge on any atom is 0.224 e. The first kappa shape index (κ1) is 19.0. The fourth-order valence-electron chi connectivity index (χ4n) is 2.19. The number of amides is 1. The van der Waals surface area contributed by atoms with Crippen molar-refractivity contribution >= 4 is 18.5 Å². The fraction of sp³-hybridized carbons (Fsp3) is 0.588. The van der Waals surface area contributed by atoms with E-state index in [9.17, 15) is 4.79 Å². The molecule has 3 atom stereocenters. The van der Waals surface area contributed by atoms with E-state index in [1.165, 1.54) is 0 Å². The molecule has 0 saturated heterocycles. The Hall–Kier alpha value is -1.04. The summed E-state index contributed by atoms with van der Waals surface area (Å²) in [7, 11) is 0. The summed E-state index contributed by atoms with van der Waals surface area (Å²) in [5.74, 6) is 1.18. The third kappa shape index (κ3) is 7.29. The number of hydrogen-bond donors (Lipinski definition) is 4. The Balaban J connectivity index is 2.43. The van der Waals surface area contributed by atoms with Gasteiger partial charge in [0.2, 0.25) is 5.91 Å². The fourth-order valence-corrected chi connectivity index (χ4v) is 2.32. The molecule has 0 bridgehead atoms. The lowest BCUT2D eigenvalue weighted by atomic mass is 9.98. The predicted molar refractivity (Wildman–Crippen MR) is 96.2 cm³/mol. The number of rotatable bonds is 10. The maximum atomic E-state index is 12.0. The zero-order valence-electron chi connectivity index (χ0n) is 13.6. The van der Waals surface area contributed by atoms with E-state index in [0.29, 0.717) is 31.2 Å². The topological polar surface area (TPSA) is 67.2 Å². The number of carbonyl (C=O) groups excluding carboxylic acids is 1. The number of hydrogen-bond acceptors (Lipinski definition) is 4. The summed E-state index contributed by atoms with van der Waals surface area (Å²) >= 11 is 4.20. The molecule has 4 nitrogen and oxygen atoms in total. The van der Waals surface area contributed by atoms with Crippen LogP contribution in [-0.4, -0.2) is 36.8 Å². The van der Waals surface area contributed by atoms with Gasteiger partial charge in [-0.05, 0) is 11.5 Å². The van der Waals surface area contributed by atoms with Crippen LogP contribution in [0.1, 0.15) is 25.8 Å². The van der Waals surface area contributed by atoms with Gasteiger partial charge in [0.15, 0.2) is 0 Å². The van der Waals surface area contributed by atoms with Crippen LogP contribution in [0, 0.1) is 5.92 Å². The molecule has 0 radical (unpaired) electrons. The zero-order chi connectivity index (χ0) is 16.4. The summed E-state index contributed by atoms with van der Waals surface area (Å²) in [5.41, 5.74) is 6.93. The molecule has 0 heterocycles. The highest BCUT2D eigenvalue weighted by Crippen LogP contribution is 2.07. The van der Waals surface area contributed by atoms with Crippen LogP contribution >= 0.6 is 12.6 Å². The summed E-state index contributed by atoms with van der Waals surface area (Å²) in [4.78, 5) is 12.0. The highest BCUT2D eigenvalue weighted by atomic mass is 32.1. The van der Waals surface area contributed by atoms with Gasteiger partial charge in [0, 0.05) is 30.9 Å². The van der Waals surface area contributed by atoms with Crippen molar-refractivity contribution in [3.05, 3.63) is 35.9 Å². The Morgan fingerprint density at radius 3 is 2.55 bits per heavy atom. The third-order valence-corrected chi connectivity index (χ3v) is 4.40. The quantitative estimate of drug-likeness (QED) is 0.495. The molecule has 4 N–H and O–H groups in total. The lowest BCUT2D eigenvalue weighted by Gasteiger charge is -2.26. The van der Waals surface area contributed by atoms with Crippen LogP contribution in [-0.2, 0) is 11.2 Å². The van der Waals surface area contributed by atoms with Gasteiger partial charge in [-0.25, -0.2) is 0 Å². The standard InChI is InChI=1S/C17H29N3OS/c1-3-13(2)16(19-10-15(18)12-22)11-20-17(21)9-14-7-5-4-6-8-14/h4-8,13,15-16,19,22H,3,9-12,18H2,1-2H3,(H,20,21)/t13?,15-,16-/m1/s1. The van der Waals surface area contributed by atoms with E-state index in [0.717, 1.165) is 12.0 Å². The van der Waals surface area contributed by atoms with Crippen molar-refractivity contribution < 1.29 is 4.79 Å². The number of benzene rings is 1. The van der Waals surface area contributed by atoms with Gasteiger partial charge in [0.1, 0.15) is 0 Å². The smallest absolute Gasteiger partial charge is 0.224 e. The summed E-state index contributed by atoms with van der Waals surface area (Å²) in [6, 6.07) is 10.1. The van der Waals surface area contributed by atoms with E-state index in [1.54, 1.807) is 0 Å². The van der Waals surface area contributed by atoms with Crippen LogP contribution in [0.2, 0.25) is 0 Å². The molecular weight excluding hydrogens is 294 g/mol. The molecule has 0 aliphatic carbocycles. The largest absolute Gasteiger partial charge is 0.354 e. The Labute approximate surface area is 139 Å². The Morgan fingerprint density at radius 1 is 1.27 bits per heavy atom. The van der Waals surface area contributed by atoms with Gasteiger partial charge in [-0.2, -0.15) is 12.6 Å². The van der Waals surface area contributed by atoms with Crippen LogP contribution in [0.3, 0.4) is 0 Å². The monoisotopic (exact) mass is 323 g/mol. The minimum atomic E-state index is 0.0370. The number of nitrogens with one attached hydrogen (secondary N) is 2. The minimum Gasteiger partial charge on any atom is -0.354 e. The van der Waals surface area contributed by atoms with Crippen LogP contribution in [0.5, 0.6) is 0 Å². The van der Waals surface area contributed by atoms with Gasteiger partial charge >= 0.3 is 0 Å². The van der Waals surface area contributed by atoms with E-state index >= 15 is 0 Å². The minimum absolute atomic E-state index is 0.0370. The second kappa shape index (κ2) is 10.6. The Morgan fingerprint density at radius 2 is 1.95 bits per heavy atom. The van der Waals surface area contributed by atoms with Crippen LogP contribution in [0.4, 0.5) is 0 Å². The molecule has 5 heteroatoms. The normalized spacial score (nSPS) is 15.1. The van der Waals surface area contributed by atoms with E-state index in [2.05, 4.69) is 37.1 Å². The van der Waals surface area contributed by atoms with Crippen LogP contribution in [0.25, 0.3) is 0 Å². The van der Waals surface area contributed by atoms with Crippen molar-refractivity contribution in [1.82, 2.24) is 10.6 Å². The summed E-state index contributed by atoms with van der Waals surface area (Å²) in [5, 5.41) is 6.48. The van der Waals surface area contributed by atoms with Gasteiger partial charge in [-0.15, -0.1) is 0 Å². The molecule has 0 aliphatic heterocycles. The van der Waals surface area contributed by atoms with Gasteiger partial charge in [0.05, 0.1) is 6.42 Å². The van der Waals surface area contributed by atoms with Crippen molar-refractivity contribution in [2.24, 2.45) is 11.7 Å². The lowest BCUT2D eigenvalue weighted by molar-refractivity contribution is -0.120. The summed E-state index contributed by atoms with van der Waals surface area (Å²) < 4.78 is 0. The molecule has 1 rings (SSSR count). The average molecular weight is 324 g/mol. The second-order valence-electron chi connectivity index (χ2n) is 5.81. The lowest BCUT2D eigenvalue weighted by Crippen LogP contribution is -2.49. The average Bonchev–Trinajstić information content (AvgIpc) is 2.54. The molecule has 0 fully saturated rings. The SMILES string of the molecule is CCC(C)[C@@H](CNC(=O)Cc1ccccc1)NC[C@@H](N)CS. The highest BCUT2D eigenvalue weighted by molar-refractivity contribution is 7.80. The van der Waals surface area contributed by atoms with E-state index < -0.39 is 0 Å². The van der Waals surface area contributed by atoms with Crippen molar-refractivity contribution in [3.8, 4) is 0 Å². The van der Waals surface area contributed by atoms with Crippen molar-refractivity contribution in [3.63, 3.8) is 0 Å². The molecule has 0 aromatic heterocycles. The van der Waals surface area contributed by atoms with Gasteiger partial charge in [0.25, 0.3) is 0 Å². The van der Waals surface area contributed by atoms with Crippen LogP contribution in [0.15, 0.2) is 30.3 Å². The van der Waals surface area contributed by atoms with E-state index in [1.807, 2.05) is 30.3 Å². The second-order valence-corrected chi connectivity index (χ2v) is 6.17. The molecule has 22 heavy (non-hydrogen) atoms. The van der Waals surface area contributed by atoms with Crippen molar-refractivity contribution in [1.29, 1.82) is 0 Å². The molecule has 0 saturated carbocycles. The third-order valence-electron chi connectivity index (χ3n) is 3.93. The molecule has 1 amide bonds. The molecule has 1 unspecified atom stereocenters. The number of carbonyl (C=O) groups is 1. The van der Waals surface area contributed by atoms with Crippen molar-refractivity contribution in [2.45, 2.75) is 38.8 Å². The van der Waals surface area contributed by atoms with E-state index in [-0.39, 0.29) is 18.0 Å². The van der Waals surface area contributed by atoms with Crippen LogP contribution < -0.4 is 16.4 Å². The zero-order valence-corrected chi connectivity index (χ0v) is 14.5. The van der Waals surface area contributed by atoms with Gasteiger partial charge in [-0.1, -0.05) is 50.6 Å². The molecule has 0 spiro atoms. The molecule has 0 aliphatic rings. The Bertz CT molecular complexity index is 427. The number of thiol groups is 1. The van der Waals surface area contributed by atoms with Gasteiger partial charge < -0.3 is 16.4 Å². The highest BCUT2D eigenvalue weighted by Gasteiger charge is 2.17. The van der Waals surface area contributed by atoms with Gasteiger partial charge in [-0.3, -0.25) is 4.79 Å². The van der Waals surface area contributed by atoms with E-state index in [4.69, 9.17) is 5.73 Å². The molecular formula is C17H29N3OS. The summed E-state index contributed by atoms with van der Waals surface area (Å²) in [6.45, 7) is 5.68. The Kier molecular flexibility index (Phi) is 9.20.